The van der Waals surface area contributed by atoms with Gasteiger partial charge in [0.05, 0.1) is 6.54 Å². The lowest BCUT2D eigenvalue weighted by Crippen LogP contribution is -2.39. The summed E-state index contributed by atoms with van der Waals surface area (Å²) in [4.78, 5) is 17.3. The number of amides is 2. The van der Waals surface area contributed by atoms with Crippen LogP contribution in [0, 0.1) is 11.8 Å². The zero-order valence-corrected chi connectivity index (χ0v) is 11.2. The van der Waals surface area contributed by atoms with Gasteiger partial charge in [-0.15, -0.1) is 0 Å². The smallest absolute Gasteiger partial charge is 0.319 e. The first-order valence-electron chi connectivity index (χ1n) is 6.46. The molecule has 1 aliphatic rings. The van der Waals surface area contributed by atoms with Gasteiger partial charge in [0.25, 0.3) is 0 Å². The molecular weight excluding hydrogens is 270 g/mol. The quantitative estimate of drug-likeness (QED) is 0.870. The average molecular weight is 288 g/mol. The number of hydrogen-bond acceptors (Lipinski definition) is 3. The minimum Gasteiger partial charge on any atom is -0.396 e. The minimum absolute atomic E-state index is 0.0424. The summed E-state index contributed by atoms with van der Waals surface area (Å²) in [7, 11) is 0. The van der Waals surface area contributed by atoms with Crippen molar-refractivity contribution < 1.29 is 18.7 Å². The van der Waals surface area contributed by atoms with E-state index in [9.17, 15) is 13.6 Å². The van der Waals surface area contributed by atoms with Gasteiger partial charge in [-0.2, -0.15) is 8.78 Å². The highest BCUT2D eigenvalue weighted by Gasteiger charge is 2.31. The van der Waals surface area contributed by atoms with Crippen molar-refractivity contribution in [1.82, 2.24) is 19.8 Å². The lowest BCUT2D eigenvalue weighted by Gasteiger charge is -2.17. The van der Waals surface area contributed by atoms with Crippen LogP contribution in [0.25, 0.3) is 0 Å². The summed E-state index contributed by atoms with van der Waals surface area (Å²) in [6, 6.07) is -0.323. The Hall–Kier alpha value is -1.70. The number of alkyl halides is 2. The third kappa shape index (κ3) is 3.06. The normalized spacial score (nSPS) is 22.6. The van der Waals surface area contributed by atoms with Gasteiger partial charge >= 0.3 is 12.6 Å². The van der Waals surface area contributed by atoms with Gasteiger partial charge in [-0.25, -0.2) is 9.78 Å². The zero-order chi connectivity index (χ0) is 14.7. The van der Waals surface area contributed by atoms with Gasteiger partial charge in [0.1, 0.15) is 5.82 Å². The van der Waals surface area contributed by atoms with Crippen LogP contribution in [0.4, 0.5) is 13.6 Å². The number of nitrogens with zero attached hydrogens (tertiary/aromatic N) is 3. The molecule has 0 aliphatic carbocycles. The molecule has 0 unspecified atom stereocenters. The van der Waals surface area contributed by atoms with Crippen LogP contribution in [0.3, 0.4) is 0 Å². The molecule has 1 saturated heterocycles. The molecule has 2 heterocycles. The molecule has 0 radical (unpaired) electrons. The Morgan fingerprint density at radius 3 is 2.95 bits per heavy atom. The highest BCUT2D eigenvalue weighted by molar-refractivity contribution is 5.74. The molecule has 1 aliphatic heterocycles. The van der Waals surface area contributed by atoms with Crippen LogP contribution in [0.5, 0.6) is 0 Å². The van der Waals surface area contributed by atoms with E-state index in [1.54, 1.807) is 4.90 Å². The molecule has 0 aromatic carbocycles. The molecule has 2 rings (SSSR count). The highest BCUT2D eigenvalue weighted by atomic mass is 19.3. The van der Waals surface area contributed by atoms with E-state index in [1.165, 1.54) is 12.4 Å². The minimum atomic E-state index is -2.67. The van der Waals surface area contributed by atoms with Crippen LogP contribution < -0.4 is 5.32 Å². The number of nitrogens with one attached hydrogen (secondary N) is 1. The summed E-state index contributed by atoms with van der Waals surface area (Å²) >= 11 is 0. The summed E-state index contributed by atoms with van der Waals surface area (Å²) < 4.78 is 25.9. The Morgan fingerprint density at radius 1 is 1.60 bits per heavy atom. The standard InChI is InChI=1S/C12H18F2N4O2/c1-8-5-17(6-9(8)7-19)12(20)16-4-10-15-2-3-18(10)11(13)14/h2-3,8-9,11,19H,4-7H2,1H3,(H,16,20)/t8-,9+/m1/s1. The number of imidazole rings is 1. The van der Waals surface area contributed by atoms with Crippen molar-refractivity contribution in [3.8, 4) is 0 Å². The van der Waals surface area contributed by atoms with Crippen molar-refractivity contribution >= 4 is 6.03 Å². The number of carbonyl (C=O) groups is 1. The summed E-state index contributed by atoms with van der Waals surface area (Å²) in [5.41, 5.74) is 0. The number of aromatic nitrogens is 2. The number of aliphatic hydroxyl groups excluding tert-OH is 1. The molecule has 0 bridgehead atoms. The Kier molecular flexibility index (Phi) is 4.53. The molecule has 1 fully saturated rings. The predicted octanol–water partition coefficient (Wildman–Crippen LogP) is 1.05. The number of carbonyl (C=O) groups excluding carboxylic acids is 1. The van der Waals surface area contributed by atoms with E-state index in [0.717, 1.165) is 0 Å². The second kappa shape index (κ2) is 6.17. The first-order chi connectivity index (χ1) is 9.52. The molecule has 2 amide bonds. The average Bonchev–Trinajstić information content (AvgIpc) is 3.01. The lowest BCUT2D eigenvalue weighted by molar-refractivity contribution is 0.0666. The van der Waals surface area contributed by atoms with Gasteiger partial charge in [-0.3, -0.25) is 4.57 Å². The second-order valence-corrected chi connectivity index (χ2v) is 5.01. The fraction of sp³-hybridized carbons (Fsp3) is 0.667. The molecule has 0 spiro atoms. The summed E-state index contributed by atoms with van der Waals surface area (Å²) in [5, 5.41) is 11.7. The molecule has 8 heteroatoms. The summed E-state index contributed by atoms with van der Waals surface area (Å²) in [6.45, 7) is 0.325. The highest BCUT2D eigenvalue weighted by Crippen LogP contribution is 2.22. The van der Waals surface area contributed by atoms with Crippen molar-refractivity contribution in [1.29, 1.82) is 0 Å². The van der Waals surface area contributed by atoms with Crippen LogP contribution in [-0.2, 0) is 6.54 Å². The Morgan fingerprint density at radius 2 is 2.35 bits per heavy atom. The van der Waals surface area contributed by atoms with E-state index in [1.807, 2.05) is 6.92 Å². The maximum absolute atomic E-state index is 12.6. The van der Waals surface area contributed by atoms with Gasteiger partial charge < -0.3 is 15.3 Å². The van der Waals surface area contributed by atoms with E-state index in [2.05, 4.69) is 10.3 Å². The van der Waals surface area contributed by atoms with Gasteiger partial charge in [-0.05, 0) is 5.92 Å². The van der Waals surface area contributed by atoms with Crippen molar-refractivity contribution in [2.45, 2.75) is 20.0 Å². The van der Waals surface area contributed by atoms with E-state index in [4.69, 9.17) is 5.11 Å². The monoisotopic (exact) mass is 288 g/mol. The van der Waals surface area contributed by atoms with Crippen LogP contribution in [0.2, 0.25) is 0 Å². The molecule has 1 aromatic heterocycles. The number of hydrogen-bond donors (Lipinski definition) is 2. The molecular formula is C12H18F2N4O2. The molecule has 0 saturated carbocycles. The van der Waals surface area contributed by atoms with Crippen LogP contribution in [-0.4, -0.2) is 45.3 Å². The van der Waals surface area contributed by atoms with Crippen molar-refractivity contribution in [3.05, 3.63) is 18.2 Å². The van der Waals surface area contributed by atoms with E-state index >= 15 is 0 Å². The molecule has 6 nitrogen and oxygen atoms in total. The SMILES string of the molecule is C[C@@H]1CN(C(=O)NCc2nccn2C(F)F)C[C@H]1CO. The number of urea groups is 1. The largest absolute Gasteiger partial charge is 0.396 e. The predicted molar refractivity (Wildman–Crippen MR) is 67.0 cm³/mol. The Bertz CT molecular complexity index is 466. The first-order valence-corrected chi connectivity index (χ1v) is 6.46. The van der Waals surface area contributed by atoms with E-state index in [-0.39, 0.29) is 36.8 Å². The number of likely N-dealkylation sites (tertiary alicyclic amines) is 1. The first kappa shape index (κ1) is 14.7. The van der Waals surface area contributed by atoms with E-state index in [0.29, 0.717) is 17.7 Å². The maximum Gasteiger partial charge on any atom is 0.319 e. The van der Waals surface area contributed by atoms with Gasteiger partial charge in [0.15, 0.2) is 0 Å². The van der Waals surface area contributed by atoms with Crippen molar-refractivity contribution in [3.63, 3.8) is 0 Å². The Balaban J connectivity index is 1.88. The third-order valence-corrected chi connectivity index (χ3v) is 3.65. The van der Waals surface area contributed by atoms with Gasteiger partial charge in [-0.1, -0.05) is 6.92 Å². The third-order valence-electron chi connectivity index (χ3n) is 3.65. The van der Waals surface area contributed by atoms with Gasteiger partial charge in [0, 0.05) is 38.0 Å². The molecule has 2 N–H and O–H groups in total. The van der Waals surface area contributed by atoms with Crippen LogP contribution >= 0.6 is 0 Å². The number of halogens is 2. The maximum atomic E-state index is 12.6. The number of rotatable bonds is 4. The molecule has 1 aromatic rings. The molecule has 20 heavy (non-hydrogen) atoms. The lowest BCUT2D eigenvalue weighted by atomic mass is 10.00. The molecule has 112 valence electrons. The second-order valence-electron chi connectivity index (χ2n) is 5.01. The van der Waals surface area contributed by atoms with E-state index < -0.39 is 6.55 Å². The topological polar surface area (TPSA) is 70.4 Å². The zero-order valence-electron chi connectivity index (χ0n) is 11.2. The Labute approximate surface area is 115 Å². The van der Waals surface area contributed by atoms with Crippen LogP contribution in [0.1, 0.15) is 19.3 Å². The summed E-state index contributed by atoms with van der Waals surface area (Å²) in [6.07, 6.45) is 2.44. The van der Waals surface area contributed by atoms with Crippen molar-refractivity contribution in [2.75, 3.05) is 19.7 Å². The van der Waals surface area contributed by atoms with Crippen molar-refractivity contribution in [2.24, 2.45) is 11.8 Å². The molecule has 2 atom stereocenters. The summed E-state index contributed by atoms with van der Waals surface area (Å²) in [5.74, 6) is 0.414. The van der Waals surface area contributed by atoms with Gasteiger partial charge in [0.2, 0.25) is 0 Å². The number of aliphatic hydroxyl groups is 1. The fourth-order valence-electron chi connectivity index (χ4n) is 2.36. The van der Waals surface area contributed by atoms with Crippen LogP contribution in [0.15, 0.2) is 12.4 Å². The fourth-order valence-corrected chi connectivity index (χ4v) is 2.36.